The summed E-state index contributed by atoms with van der Waals surface area (Å²) in [6, 6.07) is 7.33. The summed E-state index contributed by atoms with van der Waals surface area (Å²) >= 11 is 6.01. The van der Waals surface area contributed by atoms with Gasteiger partial charge in [-0.1, -0.05) is 23.7 Å². The predicted octanol–water partition coefficient (Wildman–Crippen LogP) is 3.09. The van der Waals surface area contributed by atoms with Gasteiger partial charge in [-0.05, 0) is 30.5 Å². The van der Waals surface area contributed by atoms with Gasteiger partial charge in [0.1, 0.15) is 0 Å². The topological polar surface area (TPSA) is 89.9 Å². The van der Waals surface area contributed by atoms with Crippen molar-refractivity contribution >= 4 is 23.5 Å². The van der Waals surface area contributed by atoms with Gasteiger partial charge >= 0.3 is 0 Å². The maximum atomic E-state index is 13.0. The maximum absolute atomic E-state index is 13.0. The number of amides is 1. The Labute approximate surface area is 161 Å². The maximum Gasteiger partial charge on any atom is 0.257 e. The first-order chi connectivity index (χ1) is 13.0. The number of carbonyl (C=O) groups is 1. The van der Waals surface area contributed by atoms with Gasteiger partial charge in [0.05, 0.1) is 23.5 Å². The first-order valence-corrected chi connectivity index (χ1v) is 9.08. The second-order valence-electron chi connectivity index (χ2n) is 6.59. The van der Waals surface area contributed by atoms with Gasteiger partial charge in [-0.15, -0.1) is 0 Å². The van der Waals surface area contributed by atoms with Crippen LogP contribution in [0.4, 0.5) is 5.95 Å². The lowest BCUT2D eigenvalue weighted by molar-refractivity contribution is 0.0733. The van der Waals surface area contributed by atoms with Crippen molar-refractivity contribution in [1.82, 2.24) is 24.6 Å². The Morgan fingerprint density at radius 3 is 2.74 bits per heavy atom. The van der Waals surface area contributed by atoms with Gasteiger partial charge in [0.15, 0.2) is 0 Å². The summed E-state index contributed by atoms with van der Waals surface area (Å²) in [5.41, 5.74) is 9.00. The van der Waals surface area contributed by atoms with Crippen molar-refractivity contribution in [3.63, 3.8) is 0 Å². The zero-order chi connectivity index (χ0) is 19.0. The number of rotatable bonds is 3. The monoisotopic (exact) mass is 382 g/mol. The molecule has 1 unspecified atom stereocenters. The number of hydrogen-bond acceptors (Lipinski definition) is 5. The van der Waals surface area contributed by atoms with Crippen LogP contribution in [0.3, 0.4) is 0 Å². The van der Waals surface area contributed by atoms with E-state index in [1.54, 1.807) is 30.3 Å². The van der Waals surface area contributed by atoms with Gasteiger partial charge in [-0.3, -0.25) is 9.48 Å². The molecule has 0 spiro atoms. The van der Waals surface area contributed by atoms with Crippen molar-refractivity contribution in [2.24, 2.45) is 7.05 Å². The molecule has 0 radical (unpaired) electrons. The predicted molar refractivity (Wildman–Crippen MR) is 103 cm³/mol. The fourth-order valence-corrected chi connectivity index (χ4v) is 3.63. The van der Waals surface area contributed by atoms with E-state index in [0.29, 0.717) is 17.1 Å². The molecule has 1 aliphatic rings. The van der Waals surface area contributed by atoms with Crippen LogP contribution in [0.5, 0.6) is 0 Å². The van der Waals surface area contributed by atoms with Crippen molar-refractivity contribution in [1.29, 1.82) is 0 Å². The third kappa shape index (κ3) is 3.38. The molecule has 3 aromatic rings. The Bertz CT molecular complexity index is 984. The van der Waals surface area contributed by atoms with Crippen molar-refractivity contribution in [3.8, 4) is 11.1 Å². The number of halogens is 1. The number of anilines is 1. The van der Waals surface area contributed by atoms with E-state index in [1.165, 1.54) is 0 Å². The molecule has 1 aliphatic heterocycles. The lowest BCUT2D eigenvalue weighted by Gasteiger charge is -2.25. The summed E-state index contributed by atoms with van der Waals surface area (Å²) in [6.45, 7) is 0.669. The molecule has 138 valence electrons. The minimum Gasteiger partial charge on any atom is -0.368 e. The van der Waals surface area contributed by atoms with E-state index in [4.69, 9.17) is 17.3 Å². The van der Waals surface area contributed by atoms with Gasteiger partial charge in [-0.2, -0.15) is 5.10 Å². The smallest absolute Gasteiger partial charge is 0.257 e. The van der Waals surface area contributed by atoms with Gasteiger partial charge < -0.3 is 10.6 Å². The molecule has 0 saturated carbocycles. The van der Waals surface area contributed by atoms with Crippen molar-refractivity contribution < 1.29 is 4.79 Å². The Morgan fingerprint density at radius 1 is 1.26 bits per heavy atom. The minimum atomic E-state index is -0.159. The average molecular weight is 383 g/mol. The van der Waals surface area contributed by atoms with Crippen LogP contribution in [0.25, 0.3) is 11.1 Å². The van der Waals surface area contributed by atoms with E-state index in [1.807, 2.05) is 29.2 Å². The molecule has 3 heterocycles. The molecule has 7 nitrogen and oxygen atoms in total. The molecule has 1 amide bonds. The molecule has 27 heavy (non-hydrogen) atoms. The van der Waals surface area contributed by atoms with E-state index in [0.717, 1.165) is 29.7 Å². The second kappa shape index (κ2) is 7.00. The molecular weight excluding hydrogens is 364 g/mol. The van der Waals surface area contributed by atoms with Gasteiger partial charge in [0.2, 0.25) is 5.95 Å². The van der Waals surface area contributed by atoms with Crippen LogP contribution in [0.15, 0.2) is 42.9 Å². The van der Waals surface area contributed by atoms with Gasteiger partial charge in [0.25, 0.3) is 5.91 Å². The molecule has 0 aliphatic carbocycles. The van der Waals surface area contributed by atoms with E-state index in [2.05, 4.69) is 15.1 Å². The average Bonchev–Trinajstić information content (AvgIpc) is 3.31. The Balaban J connectivity index is 1.74. The van der Waals surface area contributed by atoms with Crippen LogP contribution >= 0.6 is 11.6 Å². The quantitative estimate of drug-likeness (QED) is 0.751. The van der Waals surface area contributed by atoms with Gasteiger partial charge in [0, 0.05) is 36.6 Å². The fraction of sp³-hybridized carbons (Fsp3) is 0.263. The zero-order valence-electron chi connectivity index (χ0n) is 14.8. The number of nitrogens with two attached hydrogens (primary N) is 1. The van der Waals surface area contributed by atoms with E-state index in [9.17, 15) is 4.79 Å². The first kappa shape index (κ1) is 17.5. The lowest BCUT2D eigenvalue weighted by Crippen LogP contribution is -2.31. The normalized spacial score (nSPS) is 16.7. The number of likely N-dealkylation sites (tertiary alicyclic amines) is 1. The molecule has 1 aromatic carbocycles. The SMILES string of the molecule is Cn1cc(C(=O)N2CCCC2c2nc(N)ncc2-c2ccc(Cl)cc2)cn1. The third-order valence-corrected chi connectivity index (χ3v) is 5.03. The summed E-state index contributed by atoms with van der Waals surface area (Å²) in [4.78, 5) is 23.5. The van der Waals surface area contributed by atoms with Crippen LogP contribution in [0.1, 0.15) is 34.9 Å². The Kier molecular flexibility index (Phi) is 4.53. The highest BCUT2D eigenvalue weighted by molar-refractivity contribution is 6.30. The number of aromatic nitrogens is 4. The summed E-state index contributed by atoms with van der Waals surface area (Å²) in [7, 11) is 1.79. The standard InChI is InChI=1S/C19H19ClN6O/c1-25-11-13(9-23-25)18(27)26-8-2-3-16(26)17-15(10-22-19(21)24-17)12-4-6-14(20)7-5-12/h4-7,9-11,16H,2-3,8H2,1H3,(H2,21,22,24). The molecule has 0 bridgehead atoms. The van der Waals surface area contributed by atoms with E-state index >= 15 is 0 Å². The molecule has 8 heteroatoms. The Hall–Kier alpha value is -2.93. The number of nitrogen functional groups attached to an aromatic ring is 1. The van der Waals surface area contributed by atoms with Crippen molar-refractivity contribution in [3.05, 3.63) is 59.1 Å². The number of nitrogens with zero attached hydrogens (tertiary/aromatic N) is 5. The molecule has 2 aromatic heterocycles. The summed E-state index contributed by atoms with van der Waals surface area (Å²) in [5.74, 6) is 0.147. The van der Waals surface area contributed by atoms with Crippen LogP contribution in [-0.4, -0.2) is 37.1 Å². The largest absolute Gasteiger partial charge is 0.368 e. The number of benzene rings is 1. The van der Waals surface area contributed by atoms with Gasteiger partial charge in [-0.25, -0.2) is 9.97 Å². The van der Waals surface area contributed by atoms with Crippen molar-refractivity contribution in [2.75, 3.05) is 12.3 Å². The number of aryl methyl sites for hydroxylation is 1. The summed E-state index contributed by atoms with van der Waals surface area (Å²) in [5, 5.41) is 4.76. The highest BCUT2D eigenvalue weighted by Gasteiger charge is 2.34. The molecule has 1 saturated heterocycles. The molecular formula is C19H19ClN6O. The highest BCUT2D eigenvalue weighted by atomic mass is 35.5. The van der Waals surface area contributed by atoms with E-state index in [-0.39, 0.29) is 17.9 Å². The zero-order valence-corrected chi connectivity index (χ0v) is 15.6. The number of hydrogen-bond donors (Lipinski definition) is 1. The minimum absolute atomic E-state index is 0.0511. The second-order valence-corrected chi connectivity index (χ2v) is 7.03. The van der Waals surface area contributed by atoms with Crippen LogP contribution < -0.4 is 5.73 Å². The fourth-order valence-electron chi connectivity index (χ4n) is 3.51. The molecule has 2 N–H and O–H groups in total. The highest BCUT2D eigenvalue weighted by Crippen LogP contribution is 2.37. The summed E-state index contributed by atoms with van der Waals surface area (Å²) in [6.07, 6.45) is 6.76. The first-order valence-electron chi connectivity index (χ1n) is 8.71. The summed E-state index contributed by atoms with van der Waals surface area (Å²) < 4.78 is 1.63. The van der Waals surface area contributed by atoms with E-state index < -0.39 is 0 Å². The van der Waals surface area contributed by atoms with Crippen LogP contribution in [0, 0.1) is 0 Å². The Morgan fingerprint density at radius 2 is 2.04 bits per heavy atom. The van der Waals surface area contributed by atoms with Crippen LogP contribution in [-0.2, 0) is 7.05 Å². The molecule has 1 fully saturated rings. The van der Waals surface area contributed by atoms with Crippen LogP contribution in [0.2, 0.25) is 5.02 Å². The third-order valence-electron chi connectivity index (χ3n) is 4.77. The number of carbonyl (C=O) groups excluding carboxylic acids is 1. The lowest BCUT2D eigenvalue weighted by atomic mass is 9.99. The van der Waals surface area contributed by atoms with Crippen molar-refractivity contribution in [2.45, 2.75) is 18.9 Å². The molecule has 4 rings (SSSR count). The molecule has 1 atom stereocenters.